The molecule has 0 heterocycles. The molecule has 2 nitrogen and oxygen atoms in total. The summed E-state index contributed by atoms with van der Waals surface area (Å²) in [6, 6.07) is 0. The lowest BCUT2D eigenvalue weighted by Gasteiger charge is -2.09. The minimum Gasteiger partial charge on any atom is -0.356 e. The third kappa shape index (κ3) is 8.00. The number of rotatable bonds is 8. The summed E-state index contributed by atoms with van der Waals surface area (Å²) < 4.78 is 10.1. The molecule has 0 spiro atoms. The van der Waals surface area contributed by atoms with E-state index in [1.807, 2.05) is 0 Å². The maximum Gasteiger partial charge on any atom is 0.160 e. The molecule has 2 heteroatoms. The first-order valence-electron chi connectivity index (χ1n) is 5.05. The van der Waals surface area contributed by atoms with Gasteiger partial charge in [-0.3, -0.25) is 0 Å². The van der Waals surface area contributed by atoms with Crippen LogP contribution in [0.1, 0.15) is 39.0 Å². The van der Waals surface area contributed by atoms with E-state index in [-0.39, 0.29) is 6.29 Å². The van der Waals surface area contributed by atoms with Gasteiger partial charge in [-0.15, -0.1) is 0 Å². The fourth-order valence-electron chi connectivity index (χ4n) is 1.13. The first kappa shape index (κ1) is 12.7. The molecule has 0 aliphatic carbocycles. The molecule has 0 aliphatic heterocycles. The van der Waals surface area contributed by atoms with Gasteiger partial charge in [-0.05, 0) is 12.8 Å². The monoisotopic (exact) mass is 186 g/mol. The highest BCUT2D eigenvalue weighted by Crippen LogP contribution is 2.03. The lowest BCUT2D eigenvalue weighted by molar-refractivity contribution is -0.0986. The van der Waals surface area contributed by atoms with Crippen molar-refractivity contribution in [3.05, 3.63) is 12.2 Å². The van der Waals surface area contributed by atoms with Crippen LogP contribution in [0.5, 0.6) is 0 Å². The number of hydrogen-bond acceptors (Lipinski definition) is 2. The number of allylic oxidation sites excluding steroid dienone is 1. The highest BCUT2D eigenvalue weighted by molar-refractivity contribution is 4.82. The normalized spacial score (nSPS) is 11.7. The molecular weight excluding hydrogens is 164 g/mol. The zero-order chi connectivity index (χ0) is 9.94. The Morgan fingerprint density at radius 1 is 1.08 bits per heavy atom. The van der Waals surface area contributed by atoms with Gasteiger partial charge in [-0.1, -0.05) is 31.9 Å². The van der Waals surface area contributed by atoms with Crippen molar-refractivity contribution in [2.75, 3.05) is 14.2 Å². The lowest BCUT2D eigenvalue weighted by atomic mass is 10.2. The van der Waals surface area contributed by atoms with Crippen LogP contribution in [0.4, 0.5) is 0 Å². The van der Waals surface area contributed by atoms with Gasteiger partial charge < -0.3 is 9.47 Å². The first-order chi connectivity index (χ1) is 6.35. The number of ether oxygens (including phenoxy) is 2. The fourth-order valence-corrected chi connectivity index (χ4v) is 1.13. The van der Waals surface area contributed by atoms with Crippen molar-refractivity contribution in [3.8, 4) is 0 Å². The van der Waals surface area contributed by atoms with Crippen LogP contribution in [0.15, 0.2) is 12.2 Å². The Morgan fingerprint density at radius 3 is 2.31 bits per heavy atom. The molecule has 0 aromatic heterocycles. The SMILES string of the molecule is CCCCC/C=C\CC(OC)OC. The summed E-state index contributed by atoms with van der Waals surface area (Å²) in [7, 11) is 3.33. The van der Waals surface area contributed by atoms with Crippen molar-refractivity contribution in [2.45, 2.75) is 45.3 Å². The lowest BCUT2D eigenvalue weighted by Crippen LogP contribution is -2.10. The largest absolute Gasteiger partial charge is 0.356 e. The van der Waals surface area contributed by atoms with Gasteiger partial charge in [-0.2, -0.15) is 0 Å². The van der Waals surface area contributed by atoms with Gasteiger partial charge in [0.25, 0.3) is 0 Å². The van der Waals surface area contributed by atoms with Crippen LogP contribution in [0.25, 0.3) is 0 Å². The molecule has 0 N–H and O–H groups in total. The molecule has 0 rings (SSSR count). The Morgan fingerprint density at radius 2 is 1.77 bits per heavy atom. The van der Waals surface area contributed by atoms with Crippen molar-refractivity contribution in [1.82, 2.24) is 0 Å². The van der Waals surface area contributed by atoms with Gasteiger partial charge in [0, 0.05) is 20.6 Å². The number of hydrogen-bond donors (Lipinski definition) is 0. The van der Waals surface area contributed by atoms with E-state index in [1.165, 1.54) is 25.7 Å². The van der Waals surface area contributed by atoms with E-state index in [0.29, 0.717) is 0 Å². The average Bonchev–Trinajstić information content (AvgIpc) is 2.17. The van der Waals surface area contributed by atoms with Gasteiger partial charge >= 0.3 is 0 Å². The van der Waals surface area contributed by atoms with Gasteiger partial charge in [0.1, 0.15) is 0 Å². The van der Waals surface area contributed by atoms with Crippen molar-refractivity contribution in [2.24, 2.45) is 0 Å². The third-order valence-electron chi connectivity index (χ3n) is 2.00. The van der Waals surface area contributed by atoms with Crippen LogP contribution in [0, 0.1) is 0 Å². The Kier molecular flexibility index (Phi) is 9.49. The highest BCUT2D eigenvalue weighted by atomic mass is 16.7. The Hall–Kier alpha value is -0.340. The molecule has 0 fully saturated rings. The second-order valence-corrected chi connectivity index (χ2v) is 3.10. The van der Waals surface area contributed by atoms with Crippen LogP contribution in [-0.2, 0) is 9.47 Å². The molecule has 0 aliphatic rings. The van der Waals surface area contributed by atoms with E-state index in [1.54, 1.807) is 14.2 Å². The number of unbranched alkanes of at least 4 members (excludes halogenated alkanes) is 3. The minimum atomic E-state index is -0.0811. The summed E-state index contributed by atoms with van der Waals surface area (Å²) in [5, 5.41) is 0. The van der Waals surface area contributed by atoms with E-state index in [4.69, 9.17) is 9.47 Å². The zero-order valence-corrected chi connectivity index (χ0v) is 9.08. The van der Waals surface area contributed by atoms with Crippen molar-refractivity contribution >= 4 is 0 Å². The molecule has 78 valence electrons. The Bertz CT molecular complexity index is 117. The summed E-state index contributed by atoms with van der Waals surface area (Å²) in [5.74, 6) is 0. The second-order valence-electron chi connectivity index (χ2n) is 3.10. The smallest absolute Gasteiger partial charge is 0.160 e. The summed E-state index contributed by atoms with van der Waals surface area (Å²) in [5.41, 5.74) is 0. The van der Waals surface area contributed by atoms with E-state index >= 15 is 0 Å². The van der Waals surface area contributed by atoms with Crippen molar-refractivity contribution in [1.29, 1.82) is 0 Å². The quantitative estimate of drug-likeness (QED) is 0.329. The molecule has 13 heavy (non-hydrogen) atoms. The third-order valence-corrected chi connectivity index (χ3v) is 2.00. The van der Waals surface area contributed by atoms with E-state index in [0.717, 1.165) is 6.42 Å². The summed E-state index contributed by atoms with van der Waals surface area (Å²) in [4.78, 5) is 0. The maximum absolute atomic E-state index is 5.05. The molecule has 0 radical (unpaired) electrons. The van der Waals surface area contributed by atoms with Crippen LogP contribution >= 0.6 is 0 Å². The van der Waals surface area contributed by atoms with Gasteiger partial charge in [0.05, 0.1) is 0 Å². The molecular formula is C11H22O2. The van der Waals surface area contributed by atoms with Crippen molar-refractivity contribution < 1.29 is 9.47 Å². The predicted octanol–water partition coefficient (Wildman–Crippen LogP) is 3.13. The van der Waals surface area contributed by atoms with E-state index in [2.05, 4.69) is 19.1 Å². The standard InChI is InChI=1S/C11H22O2/c1-4-5-6-7-8-9-10-11(12-2)13-3/h8-9,11H,4-7,10H2,1-3H3/b9-8-. The predicted molar refractivity (Wildman–Crippen MR) is 55.7 cm³/mol. The second kappa shape index (κ2) is 9.75. The molecule has 0 saturated heterocycles. The first-order valence-corrected chi connectivity index (χ1v) is 5.05. The topological polar surface area (TPSA) is 18.5 Å². The van der Waals surface area contributed by atoms with E-state index in [9.17, 15) is 0 Å². The maximum atomic E-state index is 5.05. The molecule has 0 aromatic rings. The van der Waals surface area contributed by atoms with Gasteiger partial charge in [-0.25, -0.2) is 0 Å². The molecule has 0 amide bonds. The molecule has 0 unspecified atom stereocenters. The van der Waals surface area contributed by atoms with Crippen molar-refractivity contribution in [3.63, 3.8) is 0 Å². The molecule has 0 atom stereocenters. The minimum absolute atomic E-state index is 0.0811. The zero-order valence-electron chi connectivity index (χ0n) is 9.08. The molecule has 0 saturated carbocycles. The highest BCUT2D eigenvalue weighted by Gasteiger charge is 1.99. The average molecular weight is 186 g/mol. The molecule has 0 bridgehead atoms. The van der Waals surface area contributed by atoms with Gasteiger partial charge in [0.15, 0.2) is 6.29 Å². The number of methoxy groups -OCH3 is 2. The summed E-state index contributed by atoms with van der Waals surface area (Å²) in [6.07, 6.45) is 10.2. The summed E-state index contributed by atoms with van der Waals surface area (Å²) in [6.45, 7) is 2.22. The Labute approximate surface area is 81.9 Å². The van der Waals surface area contributed by atoms with Crippen LogP contribution in [-0.4, -0.2) is 20.5 Å². The van der Waals surface area contributed by atoms with Gasteiger partial charge in [0.2, 0.25) is 0 Å². The van der Waals surface area contributed by atoms with Crippen LogP contribution in [0.2, 0.25) is 0 Å². The fraction of sp³-hybridized carbons (Fsp3) is 0.818. The molecule has 0 aromatic carbocycles. The van der Waals surface area contributed by atoms with Crippen LogP contribution in [0.3, 0.4) is 0 Å². The summed E-state index contributed by atoms with van der Waals surface area (Å²) >= 11 is 0. The van der Waals surface area contributed by atoms with Crippen LogP contribution < -0.4 is 0 Å². The Balaban J connectivity index is 3.28. The van der Waals surface area contributed by atoms with E-state index < -0.39 is 0 Å².